The van der Waals surface area contributed by atoms with Crippen LogP contribution in [0.1, 0.15) is 25.0 Å². The average molecular weight is 208 g/mol. The maximum atomic E-state index is 10.6. The zero-order valence-corrected chi connectivity index (χ0v) is 8.86. The van der Waals surface area contributed by atoms with E-state index < -0.39 is 4.92 Å². The second kappa shape index (κ2) is 4.89. The largest absolute Gasteiger partial charge is 0.395 e. The lowest BCUT2D eigenvalue weighted by molar-refractivity contribution is -0.384. The van der Waals surface area contributed by atoms with Crippen LogP contribution in [0.2, 0.25) is 0 Å². The third-order valence-corrected chi connectivity index (χ3v) is 2.38. The summed E-state index contributed by atoms with van der Waals surface area (Å²) in [4.78, 5) is 10.2. The summed E-state index contributed by atoms with van der Waals surface area (Å²) in [7, 11) is 0. The molecule has 0 aliphatic heterocycles. The third-order valence-electron chi connectivity index (χ3n) is 2.38. The first-order valence-corrected chi connectivity index (χ1v) is 4.81. The van der Waals surface area contributed by atoms with Crippen LogP contribution in [0.15, 0.2) is 18.2 Å². The van der Waals surface area contributed by atoms with Crippen molar-refractivity contribution < 1.29 is 10.0 Å². The molecule has 4 nitrogen and oxygen atoms in total. The molecule has 15 heavy (non-hydrogen) atoms. The number of aliphatic hydroxyl groups is 1. The molecule has 0 saturated carbocycles. The van der Waals surface area contributed by atoms with Gasteiger partial charge in [-0.1, -0.05) is 19.9 Å². The fourth-order valence-electron chi connectivity index (χ4n) is 1.47. The minimum absolute atomic E-state index is 0.0648. The Labute approximate surface area is 88.7 Å². The van der Waals surface area contributed by atoms with Crippen LogP contribution in [-0.4, -0.2) is 16.6 Å². The zero-order chi connectivity index (χ0) is 11.4. The number of rotatable bonds is 4. The van der Waals surface area contributed by atoms with Crippen molar-refractivity contribution in [1.82, 2.24) is 0 Å². The molecule has 0 saturated heterocycles. The predicted molar refractivity (Wildman–Crippen MR) is 57.6 cm³/mol. The summed E-state index contributed by atoms with van der Waals surface area (Å²) in [6, 6.07) is 4.75. The molecule has 1 rings (SSSR count). The lowest BCUT2D eigenvalue weighted by atomic mass is 9.94. The van der Waals surface area contributed by atoms with Crippen molar-refractivity contribution in [2.45, 2.75) is 20.3 Å². The molecule has 81 valence electrons. The first-order chi connectivity index (χ1) is 7.10. The van der Waals surface area contributed by atoms with Crippen molar-refractivity contribution in [3.63, 3.8) is 0 Å². The zero-order valence-electron chi connectivity index (χ0n) is 8.86. The first-order valence-electron chi connectivity index (χ1n) is 4.81. The van der Waals surface area contributed by atoms with E-state index in [2.05, 4.69) is 0 Å². The van der Waals surface area contributed by atoms with Crippen molar-refractivity contribution in [1.29, 1.82) is 0 Å². The van der Waals surface area contributed by atoms with Gasteiger partial charge in [-0.05, 0) is 17.5 Å². The molecule has 0 unspecified atom stereocenters. The van der Waals surface area contributed by atoms with Crippen LogP contribution in [0.4, 0.5) is 5.69 Å². The molecule has 0 atom stereocenters. The fourth-order valence-corrected chi connectivity index (χ4v) is 1.47. The molecule has 0 heterocycles. The summed E-state index contributed by atoms with van der Waals surface area (Å²) in [5, 5.41) is 19.6. The molecule has 4 heteroatoms. The number of nitro benzene ring substituents is 1. The molecule has 0 fully saturated rings. The van der Waals surface area contributed by atoms with Crippen LogP contribution in [0.25, 0.3) is 0 Å². The SMILES string of the molecule is CCc1ccc([N+](=O)[O-])cc1[C](C)CO. The normalized spacial score (nSPS) is 10.7. The highest BCUT2D eigenvalue weighted by molar-refractivity contribution is 5.46. The predicted octanol–water partition coefficient (Wildman–Crippen LogP) is 2.09. The summed E-state index contributed by atoms with van der Waals surface area (Å²) >= 11 is 0. The van der Waals surface area contributed by atoms with Gasteiger partial charge in [0.25, 0.3) is 5.69 Å². The minimum Gasteiger partial charge on any atom is -0.395 e. The number of benzene rings is 1. The number of nitro groups is 1. The Bertz CT molecular complexity index is 363. The van der Waals surface area contributed by atoms with Crippen molar-refractivity contribution in [2.24, 2.45) is 0 Å². The number of non-ortho nitro benzene ring substituents is 1. The Morgan fingerprint density at radius 2 is 2.20 bits per heavy atom. The van der Waals surface area contributed by atoms with Crippen molar-refractivity contribution in [3.8, 4) is 0 Å². The highest BCUT2D eigenvalue weighted by atomic mass is 16.6. The molecule has 1 aromatic carbocycles. The average Bonchev–Trinajstić information content (AvgIpc) is 2.27. The summed E-state index contributed by atoms with van der Waals surface area (Å²) in [6.07, 6.45) is 0.796. The molecule has 0 aromatic heterocycles. The van der Waals surface area contributed by atoms with E-state index in [0.29, 0.717) is 0 Å². The Kier molecular flexibility index (Phi) is 3.80. The molecular weight excluding hydrogens is 194 g/mol. The van der Waals surface area contributed by atoms with E-state index >= 15 is 0 Å². The smallest absolute Gasteiger partial charge is 0.269 e. The van der Waals surface area contributed by atoms with Gasteiger partial charge < -0.3 is 5.11 Å². The highest BCUT2D eigenvalue weighted by Crippen LogP contribution is 2.24. The van der Waals surface area contributed by atoms with E-state index in [1.54, 1.807) is 13.0 Å². The highest BCUT2D eigenvalue weighted by Gasteiger charge is 2.14. The third kappa shape index (κ3) is 2.53. The van der Waals surface area contributed by atoms with E-state index in [-0.39, 0.29) is 12.3 Å². The standard InChI is InChI=1S/C11H14NO3/c1-3-9-4-5-10(12(14)15)6-11(9)8(2)7-13/h4-6,13H,3,7H2,1-2H3. The van der Waals surface area contributed by atoms with E-state index in [1.807, 2.05) is 6.92 Å². The Hall–Kier alpha value is -1.42. The van der Waals surface area contributed by atoms with Gasteiger partial charge in [0, 0.05) is 18.1 Å². The molecule has 1 N–H and O–H groups in total. The van der Waals surface area contributed by atoms with Gasteiger partial charge in [0.1, 0.15) is 0 Å². The van der Waals surface area contributed by atoms with E-state index in [4.69, 9.17) is 5.11 Å². The van der Waals surface area contributed by atoms with Crippen molar-refractivity contribution >= 4 is 5.69 Å². The van der Waals surface area contributed by atoms with Crippen LogP contribution in [0.3, 0.4) is 0 Å². The molecule has 0 bridgehead atoms. The van der Waals surface area contributed by atoms with Crippen LogP contribution in [0.5, 0.6) is 0 Å². The van der Waals surface area contributed by atoms with Gasteiger partial charge in [0.2, 0.25) is 0 Å². The summed E-state index contributed by atoms with van der Waals surface area (Å²) in [5.74, 6) is 0.760. The number of hydrogen-bond acceptors (Lipinski definition) is 3. The molecule has 1 aromatic rings. The summed E-state index contributed by atoms with van der Waals surface area (Å²) in [6.45, 7) is 3.68. The Morgan fingerprint density at radius 3 is 2.67 bits per heavy atom. The quantitative estimate of drug-likeness (QED) is 0.608. The second-order valence-corrected chi connectivity index (χ2v) is 3.39. The first kappa shape index (κ1) is 11.7. The molecular formula is C11H14NO3. The lowest BCUT2D eigenvalue weighted by Crippen LogP contribution is -2.04. The van der Waals surface area contributed by atoms with Gasteiger partial charge >= 0.3 is 0 Å². The van der Waals surface area contributed by atoms with E-state index in [1.165, 1.54) is 12.1 Å². The van der Waals surface area contributed by atoms with Crippen molar-refractivity contribution in [3.05, 3.63) is 45.4 Å². The van der Waals surface area contributed by atoms with Gasteiger partial charge in [0.15, 0.2) is 0 Å². The lowest BCUT2D eigenvalue weighted by Gasteiger charge is -2.12. The molecule has 1 radical (unpaired) electrons. The van der Waals surface area contributed by atoms with Gasteiger partial charge in [-0.15, -0.1) is 0 Å². The molecule has 0 spiro atoms. The Balaban J connectivity index is 3.18. The maximum Gasteiger partial charge on any atom is 0.269 e. The van der Waals surface area contributed by atoms with Crippen LogP contribution in [-0.2, 0) is 6.42 Å². The Morgan fingerprint density at radius 1 is 1.53 bits per heavy atom. The van der Waals surface area contributed by atoms with Crippen LogP contribution < -0.4 is 0 Å². The second-order valence-electron chi connectivity index (χ2n) is 3.39. The number of nitrogens with zero attached hydrogens (tertiary/aromatic N) is 1. The van der Waals surface area contributed by atoms with E-state index in [9.17, 15) is 10.1 Å². The van der Waals surface area contributed by atoms with E-state index in [0.717, 1.165) is 23.5 Å². The van der Waals surface area contributed by atoms with Gasteiger partial charge in [-0.25, -0.2) is 0 Å². The fraction of sp³-hybridized carbons (Fsp3) is 0.364. The van der Waals surface area contributed by atoms with Crippen molar-refractivity contribution in [2.75, 3.05) is 6.61 Å². The molecule has 0 aliphatic carbocycles. The topological polar surface area (TPSA) is 63.4 Å². The molecule has 0 amide bonds. The monoisotopic (exact) mass is 208 g/mol. The summed E-state index contributed by atoms with van der Waals surface area (Å²) in [5.41, 5.74) is 1.87. The maximum absolute atomic E-state index is 10.6. The van der Waals surface area contributed by atoms with Crippen LogP contribution >= 0.6 is 0 Å². The number of aliphatic hydroxyl groups excluding tert-OH is 1. The number of hydrogen-bond donors (Lipinski definition) is 1. The molecule has 0 aliphatic rings. The van der Waals surface area contributed by atoms with Gasteiger partial charge in [-0.2, -0.15) is 0 Å². The van der Waals surface area contributed by atoms with Gasteiger partial charge in [0.05, 0.1) is 11.5 Å². The van der Waals surface area contributed by atoms with Crippen LogP contribution in [0, 0.1) is 16.0 Å². The minimum atomic E-state index is -0.423. The summed E-state index contributed by atoms with van der Waals surface area (Å²) < 4.78 is 0. The van der Waals surface area contributed by atoms with Gasteiger partial charge in [-0.3, -0.25) is 10.1 Å². The number of aryl methyl sites for hydroxylation is 1.